The molecule has 0 rings (SSSR count). The lowest BCUT2D eigenvalue weighted by Crippen LogP contribution is -1.81. The number of nitrogens with zero attached hydrogens (tertiary/aromatic N) is 1. The Labute approximate surface area is 41.9 Å². The summed E-state index contributed by atoms with van der Waals surface area (Å²) in [6.07, 6.45) is 1.25. The van der Waals surface area contributed by atoms with Gasteiger partial charge in [0.1, 0.15) is 0 Å². The standard InChI is InChI=1S/C3H8.HNO3/c1-3-2;2-1(3)4/h3H2,1-2H3;(H,2,3,4). The highest BCUT2D eigenvalue weighted by Gasteiger charge is 1.65. The van der Waals surface area contributed by atoms with Gasteiger partial charge in [-0.1, -0.05) is 20.3 Å². The van der Waals surface area contributed by atoms with E-state index in [0.29, 0.717) is 0 Å². The highest BCUT2D eigenvalue weighted by molar-refractivity contribution is 3.92. The molecule has 0 radical (unpaired) electrons. The predicted molar refractivity (Wildman–Crippen MR) is 24.7 cm³/mol. The van der Waals surface area contributed by atoms with E-state index in [1.165, 1.54) is 6.42 Å². The summed E-state index contributed by atoms with van der Waals surface area (Å²) in [7, 11) is 0. The lowest BCUT2D eigenvalue weighted by molar-refractivity contribution is -0.742. The van der Waals surface area contributed by atoms with Gasteiger partial charge in [0.25, 0.3) is 5.09 Å². The zero-order valence-corrected chi connectivity index (χ0v) is 4.42. The van der Waals surface area contributed by atoms with E-state index in [9.17, 15) is 0 Å². The Hall–Kier alpha value is -0.800. The van der Waals surface area contributed by atoms with Gasteiger partial charge in [-0.05, 0) is 0 Å². The molecule has 0 aromatic rings. The third-order valence-electron chi connectivity index (χ3n) is 0. The van der Waals surface area contributed by atoms with Crippen LogP contribution in [0, 0.1) is 10.1 Å². The molecule has 0 aliphatic carbocycles. The van der Waals surface area contributed by atoms with Crippen LogP contribution in [0.2, 0.25) is 0 Å². The Bertz CT molecular complexity index is 41.4. The second-order valence-corrected chi connectivity index (χ2v) is 0.945. The molecule has 1 N–H and O–H groups in total. The van der Waals surface area contributed by atoms with Crippen LogP contribution in [0.1, 0.15) is 20.3 Å². The van der Waals surface area contributed by atoms with Crippen LogP contribution in [0.25, 0.3) is 0 Å². The number of hydrogen-bond acceptors (Lipinski definition) is 2. The lowest BCUT2D eigenvalue weighted by atomic mass is 10.6. The van der Waals surface area contributed by atoms with Crippen molar-refractivity contribution < 1.29 is 10.3 Å². The van der Waals surface area contributed by atoms with Gasteiger partial charge < -0.3 is 5.21 Å². The summed E-state index contributed by atoms with van der Waals surface area (Å²) in [6, 6.07) is 0. The molecule has 0 aliphatic rings. The molecule has 0 heterocycles. The van der Waals surface area contributed by atoms with Crippen LogP contribution in [-0.4, -0.2) is 10.3 Å². The van der Waals surface area contributed by atoms with Crippen molar-refractivity contribution in [2.45, 2.75) is 20.3 Å². The molecule has 0 unspecified atom stereocenters. The Morgan fingerprint density at radius 1 is 1.71 bits per heavy atom. The molecular weight excluding hydrogens is 98.0 g/mol. The van der Waals surface area contributed by atoms with Gasteiger partial charge in [0.05, 0.1) is 0 Å². The Morgan fingerprint density at radius 2 is 1.71 bits per heavy atom. The number of rotatable bonds is 0. The molecule has 0 spiro atoms. The largest absolute Gasteiger partial charge is 0.328 e. The van der Waals surface area contributed by atoms with Crippen LogP contribution in [0.5, 0.6) is 0 Å². The van der Waals surface area contributed by atoms with Crippen molar-refractivity contribution in [2.75, 3.05) is 0 Å². The fourth-order valence-electron chi connectivity index (χ4n) is 0. The molecule has 0 aromatic carbocycles. The predicted octanol–water partition coefficient (Wildman–Crippen LogP) is 1.07. The molecule has 4 heteroatoms. The molecular formula is C3H9NO3. The second kappa shape index (κ2) is 8.96. The molecule has 0 bridgehead atoms. The van der Waals surface area contributed by atoms with E-state index >= 15 is 0 Å². The van der Waals surface area contributed by atoms with Crippen LogP contribution in [0.3, 0.4) is 0 Å². The van der Waals surface area contributed by atoms with Crippen molar-refractivity contribution in [3.05, 3.63) is 10.1 Å². The first-order valence-electron chi connectivity index (χ1n) is 1.98. The van der Waals surface area contributed by atoms with Gasteiger partial charge in [-0.15, -0.1) is 10.1 Å². The first-order valence-corrected chi connectivity index (χ1v) is 1.98. The molecule has 7 heavy (non-hydrogen) atoms. The monoisotopic (exact) mass is 107 g/mol. The summed E-state index contributed by atoms with van der Waals surface area (Å²) in [5.41, 5.74) is 0. The maximum atomic E-state index is 8.36. The molecule has 44 valence electrons. The third kappa shape index (κ3) is 83.2. The van der Waals surface area contributed by atoms with Crippen molar-refractivity contribution >= 4 is 0 Å². The molecule has 4 nitrogen and oxygen atoms in total. The van der Waals surface area contributed by atoms with Crippen molar-refractivity contribution in [3.8, 4) is 0 Å². The maximum Gasteiger partial charge on any atom is 0.291 e. The maximum absolute atomic E-state index is 8.36. The summed E-state index contributed by atoms with van der Waals surface area (Å²) in [5.74, 6) is 0. The summed E-state index contributed by atoms with van der Waals surface area (Å²) in [5, 5.41) is 13.6. The van der Waals surface area contributed by atoms with E-state index in [2.05, 4.69) is 13.8 Å². The summed E-state index contributed by atoms with van der Waals surface area (Å²) in [4.78, 5) is 8.36. The van der Waals surface area contributed by atoms with Crippen LogP contribution < -0.4 is 0 Å². The van der Waals surface area contributed by atoms with Gasteiger partial charge in [-0.2, -0.15) is 0 Å². The first-order chi connectivity index (χ1) is 3.15. The van der Waals surface area contributed by atoms with E-state index in [4.69, 9.17) is 15.3 Å². The quantitative estimate of drug-likeness (QED) is 0.372. The zero-order valence-electron chi connectivity index (χ0n) is 4.42. The Kier molecular flexibility index (Phi) is 12.2. The SMILES string of the molecule is CCC.O=[N+]([O-])O. The summed E-state index contributed by atoms with van der Waals surface area (Å²) in [6.45, 7) is 4.25. The molecule has 0 aliphatic heterocycles. The van der Waals surface area contributed by atoms with Crippen LogP contribution >= 0.6 is 0 Å². The molecule has 0 aromatic heterocycles. The number of hydrogen-bond donors (Lipinski definition) is 1. The highest BCUT2D eigenvalue weighted by Crippen LogP contribution is 1.56. The van der Waals surface area contributed by atoms with Gasteiger partial charge in [-0.3, -0.25) is 0 Å². The topological polar surface area (TPSA) is 63.4 Å². The van der Waals surface area contributed by atoms with Gasteiger partial charge in [0, 0.05) is 0 Å². The van der Waals surface area contributed by atoms with Crippen LogP contribution in [0.15, 0.2) is 0 Å². The molecule has 0 saturated carbocycles. The summed E-state index contributed by atoms with van der Waals surface area (Å²) >= 11 is 0. The first kappa shape index (κ1) is 9.50. The third-order valence-corrected chi connectivity index (χ3v) is 0. The van der Waals surface area contributed by atoms with E-state index < -0.39 is 5.09 Å². The molecule has 0 fully saturated rings. The van der Waals surface area contributed by atoms with Gasteiger partial charge >= 0.3 is 0 Å². The fourth-order valence-corrected chi connectivity index (χ4v) is 0. The van der Waals surface area contributed by atoms with E-state index in [-0.39, 0.29) is 0 Å². The fraction of sp³-hybridized carbons (Fsp3) is 1.00. The van der Waals surface area contributed by atoms with Gasteiger partial charge in [0.15, 0.2) is 0 Å². The van der Waals surface area contributed by atoms with Crippen molar-refractivity contribution in [2.24, 2.45) is 0 Å². The molecule has 0 atom stereocenters. The van der Waals surface area contributed by atoms with E-state index in [1.807, 2.05) is 0 Å². The molecule has 0 amide bonds. The Morgan fingerprint density at radius 3 is 1.71 bits per heavy atom. The zero-order chi connectivity index (χ0) is 6.28. The second-order valence-electron chi connectivity index (χ2n) is 0.945. The minimum atomic E-state index is -1.50. The average molecular weight is 107 g/mol. The van der Waals surface area contributed by atoms with Crippen molar-refractivity contribution in [1.82, 2.24) is 0 Å². The minimum Gasteiger partial charge on any atom is -0.328 e. The van der Waals surface area contributed by atoms with Crippen molar-refractivity contribution in [1.29, 1.82) is 0 Å². The van der Waals surface area contributed by atoms with Crippen LogP contribution in [-0.2, 0) is 0 Å². The van der Waals surface area contributed by atoms with Gasteiger partial charge in [0.2, 0.25) is 0 Å². The van der Waals surface area contributed by atoms with E-state index in [1.54, 1.807) is 0 Å². The van der Waals surface area contributed by atoms with E-state index in [0.717, 1.165) is 0 Å². The molecule has 0 saturated heterocycles. The lowest BCUT2D eigenvalue weighted by Gasteiger charge is -1.56. The van der Waals surface area contributed by atoms with Gasteiger partial charge in [-0.25, -0.2) is 0 Å². The van der Waals surface area contributed by atoms with Crippen LogP contribution in [0.4, 0.5) is 0 Å². The minimum absolute atomic E-state index is 1.25. The summed E-state index contributed by atoms with van der Waals surface area (Å²) < 4.78 is 0. The normalized spacial score (nSPS) is 6.00. The average Bonchev–Trinajstić information content (AvgIpc) is 1.33. The smallest absolute Gasteiger partial charge is 0.291 e. The highest BCUT2D eigenvalue weighted by atomic mass is 16.9. The van der Waals surface area contributed by atoms with Crippen molar-refractivity contribution in [3.63, 3.8) is 0 Å². The Balaban J connectivity index is 0.